The summed E-state index contributed by atoms with van der Waals surface area (Å²) in [6, 6.07) is 12.4. The molecule has 0 saturated carbocycles. The van der Waals surface area contributed by atoms with E-state index in [1.165, 1.54) is 6.20 Å². The van der Waals surface area contributed by atoms with E-state index in [1.54, 1.807) is 28.0 Å². The molecule has 0 bridgehead atoms. The van der Waals surface area contributed by atoms with Crippen LogP contribution < -0.4 is 0 Å². The van der Waals surface area contributed by atoms with Gasteiger partial charge in [0.15, 0.2) is 0 Å². The maximum absolute atomic E-state index is 13.2. The quantitative estimate of drug-likeness (QED) is 0.316. The van der Waals surface area contributed by atoms with Crippen molar-refractivity contribution in [3.63, 3.8) is 0 Å². The van der Waals surface area contributed by atoms with Crippen LogP contribution in [0.3, 0.4) is 0 Å². The molecule has 176 valence electrons. The number of likely N-dealkylation sites (N-methyl/N-ethyl adjacent to an activating group) is 1. The highest BCUT2D eigenvalue weighted by molar-refractivity contribution is 6.46. The first-order chi connectivity index (χ1) is 16.5. The number of amides is 1. The lowest BCUT2D eigenvalue weighted by Crippen LogP contribution is -2.38. The van der Waals surface area contributed by atoms with Crippen LogP contribution in [0.5, 0.6) is 0 Å². The van der Waals surface area contributed by atoms with Gasteiger partial charge in [-0.2, -0.15) is 5.10 Å². The van der Waals surface area contributed by atoms with Crippen LogP contribution in [0, 0.1) is 6.92 Å². The highest BCUT2D eigenvalue weighted by Crippen LogP contribution is 2.39. The molecule has 3 heterocycles. The standard InChI is InChI=1S/C26H29N5O3/c1-4-29(5-2)14-15-30-23(19-10-9-13-27-16-19)22(25(33)26(30)34)24(32)21-17-28-31(18(21)3)20-11-7-6-8-12-20/h6-13,16-17,23,32H,4-5,14-15H2,1-3H3. The Kier molecular flexibility index (Phi) is 6.88. The maximum Gasteiger partial charge on any atom is 0.295 e. The molecule has 4 rings (SSSR count). The predicted octanol–water partition coefficient (Wildman–Crippen LogP) is 3.34. The zero-order valence-electron chi connectivity index (χ0n) is 19.7. The molecule has 1 N–H and O–H groups in total. The van der Waals surface area contributed by atoms with E-state index in [0.29, 0.717) is 29.9 Å². The van der Waals surface area contributed by atoms with Gasteiger partial charge in [-0.1, -0.05) is 38.1 Å². The first kappa shape index (κ1) is 23.4. The molecule has 1 saturated heterocycles. The van der Waals surface area contributed by atoms with E-state index >= 15 is 0 Å². The zero-order valence-corrected chi connectivity index (χ0v) is 19.7. The van der Waals surface area contributed by atoms with Gasteiger partial charge in [-0.05, 0) is 43.8 Å². The number of aliphatic hydroxyl groups is 1. The molecular weight excluding hydrogens is 430 g/mol. The molecule has 2 aromatic heterocycles. The third-order valence-corrected chi connectivity index (χ3v) is 6.36. The number of likely N-dealkylation sites (tertiary alicyclic amines) is 1. The number of rotatable bonds is 8. The van der Waals surface area contributed by atoms with Crippen molar-refractivity contribution in [2.45, 2.75) is 26.8 Å². The summed E-state index contributed by atoms with van der Waals surface area (Å²) < 4.78 is 1.70. The summed E-state index contributed by atoms with van der Waals surface area (Å²) in [6.45, 7) is 8.62. The van der Waals surface area contributed by atoms with Gasteiger partial charge in [-0.3, -0.25) is 14.6 Å². The zero-order chi connectivity index (χ0) is 24.2. The van der Waals surface area contributed by atoms with E-state index in [9.17, 15) is 14.7 Å². The van der Waals surface area contributed by atoms with Gasteiger partial charge >= 0.3 is 0 Å². The number of pyridine rings is 1. The van der Waals surface area contributed by atoms with Crippen molar-refractivity contribution in [2.24, 2.45) is 0 Å². The average molecular weight is 460 g/mol. The molecule has 1 fully saturated rings. The van der Waals surface area contributed by atoms with Crippen LogP contribution in [-0.4, -0.2) is 67.5 Å². The van der Waals surface area contributed by atoms with Crippen LogP contribution in [-0.2, 0) is 9.59 Å². The fraction of sp³-hybridized carbons (Fsp3) is 0.308. The summed E-state index contributed by atoms with van der Waals surface area (Å²) >= 11 is 0. The van der Waals surface area contributed by atoms with Gasteiger partial charge in [0, 0.05) is 25.5 Å². The van der Waals surface area contributed by atoms with Crippen LogP contribution in [0.4, 0.5) is 0 Å². The summed E-state index contributed by atoms with van der Waals surface area (Å²) in [6.07, 6.45) is 4.80. The molecular formula is C26H29N5O3. The molecule has 0 aliphatic carbocycles. The lowest BCUT2D eigenvalue weighted by atomic mass is 9.96. The fourth-order valence-corrected chi connectivity index (χ4v) is 4.40. The van der Waals surface area contributed by atoms with Crippen LogP contribution >= 0.6 is 0 Å². The molecule has 1 aromatic carbocycles. The van der Waals surface area contributed by atoms with E-state index < -0.39 is 17.7 Å². The number of aliphatic hydroxyl groups excluding tert-OH is 1. The Hall–Kier alpha value is -3.78. The minimum absolute atomic E-state index is 0.0632. The number of carbonyl (C=O) groups is 2. The number of hydrogen-bond acceptors (Lipinski definition) is 6. The smallest absolute Gasteiger partial charge is 0.295 e. The summed E-state index contributed by atoms with van der Waals surface area (Å²) in [4.78, 5) is 34.2. The van der Waals surface area contributed by atoms with Crippen molar-refractivity contribution in [3.8, 4) is 5.69 Å². The molecule has 34 heavy (non-hydrogen) atoms. The number of Topliss-reactive ketones (excluding diaryl/α,β-unsaturated/α-hetero) is 1. The van der Waals surface area contributed by atoms with E-state index in [4.69, 9.17) is 0 Å². The normalized spacial score (nSPS) is 17.6. The number of nitrogens with zero attached hydrogens (tertiary/aromatic N) is 5. The van der Waals surface area contributed by atoms with E-state index in [1.807, 2.05) is 43.3 Å². The second kappa shape index (κ2) is 10.0. The number of hydrogen-bond donors (Lipinski definition) is 1. The highest BCUT2D eigenvalue weighted by Gasteiger charge is 2.46. The summed E-state index contributed by atoms with van der Waals surface area (Å²) in [5.41, 5.74) is 2.66. The van der Waals surface area contributed by atoms with E-state index in [-0.39, 0.29) is 11.3 Å². The number of aromatic nitrogens is 3. The van der Waals surface area contributed by atoms with Gasteiger partial charge in [0.05, 0.1) is 34.8 Å². The highest BCUT2D eigenvalue weighted by atomic mass is 16.3. The van der Waals surface area contributed by atoms with Crippen molar-refractivity contribution < 1.29 is 14.7 Å². The Morgan fingerprint density at radius 3 is 2.44 bits per heavy atom. The molecule has 8 nitrogen and oxygen atoms in total. The van der Waals surface area contributed by atoms with Crippen molar-refractivity contribution >= 4 is 17.4 Å². The lowest BCUT2D eigenvalue weighted by molar-refractivity contribution is -0.140. The van der Waals surface area contributed by atoms with Crippen molar-refractivity contribution in [3.05, 3.63) is 83.4 Å². The third-order valence-electron chi connectivity index (χ3n) is 6.36. The van der Waals surface area contributed by atoms with Gasteiger partial charge in [-0.25, -0.2) is 4.68 Å². The minimum atomic E-state index is -0.719. The Labute approximate surface area is 199 Å². The number of carbonyl (C=O) groups excluding carboxylic acids is 2. The van der Waals surface area contributed by atoms with Crippen molar-refractivity contribution in [2.75, 3.05) is 26.2 Å². The Balaban J connectivity index is 1.79. The van der Waals surface area contributed by atoms with Crippen LogP contribution in [0.15, 0.2) is 66.6 Å². The number of benzene rings is 1. The van der Waals surface area contributed by atoms with Gasteiger partial charge in [0.2, 0.25) is 0 Å². The van der Waals surface area contributed by atoms with Gasteiger partial charge in [0.25, 0.3) is 11.7 Å². The molecule has 1 atom stereocenters. The Bertz CT molecular complexity index is 1200. The number of para-hydroxylation sites is 1. The average Bonchev–Trinajstić information content (AvgIpc) is 3.38. The Morgan fingerprint density at radius 2 is 1.79 bits per heavy atom. The topological polar surface area (TPSA) is 91.6 Å². The molecule has 1 aliphatic heterocycles. The lowest BCUT2D eigenvalue weighted by Gasteiger charge is -2.28. The minimum Gasteiger partial charge on any atom is -0.507 e. The van der Waals surface area contributed by atoms with Crippen LogP contribution in [0.1, 0.15) is 36.7 Å². The second-order valence-corrected chi connectivity index (χ2v) is 8.20. The van der Waals surface area contributed by atoms with Gasteiger partial charge in [-0.15, -0.1) is 0 Å². The van der Waals surface area contributed by atoms with E-state index in [0.717, 1.165) is 18.8 Å². The Morgan fingerprint density at radius 1 is 1.06 bits per heavy atom. The molecule has 0 spiro atoms. The largest absolute Gasteiger partial charge is 0.507 e. The van der Waals surface area contributed by atoms with E-state index in [2.05, 4.69) is 28.8 Å². The van der Waals surface area contributed by atoms with Crippen LogP contribution in [0.25, 0.3) is 11.4 Å². The molecule has 0 radical (unpaired) electrons. The van der Waals surface area contributed by atoms with Gasteiger partial charge in [0.1, 0.15) is 5.76 Å². The number of ketones is 1. The fourth-order valence-electron chi connectivity index (χ4n) is 4.40. The molecule has 1 aliphatic rings. The molecule has 3 aromatic rings. The third kappa shape index (κ3) is 4.24. The first-order valence-electron chi connectivity index (χ1n) is 11.5. The summed E-state index contributed by atoms with van der Waals surface area (Å²) in [5, 5.41) is 15.8. The summed E-state index contributed by atoms with van der Waals surface area (Å²) in [5.74, 6) is -1.54. The van der Waals surface area contributed by atoms with Crippen LogP contribution in [0.2, 0.25) is 0 Å². The second-order valence-electron chi connectivity index (χ2n) is 8.20. The first-order valence-corrected chi connectivity index (χ1v) is 11.5. The maximum atomic E-state index is 13.2. The molecule has 1 amide bonds. The van der Waals surface area contributed by atoms with Gasteiger partial charge < -0.3 is 14.9 Å². The summed E-state index contributed by atoms with van der Waals surface area (Å²) in [7, 11) is 0. The van der Waals surface area contributed by atoms with Crippen molar-refractivity contribution in [1.29, 1.82) is 0 Å². The monoisotopic (exact) mass is 459 g/mol. The predicted molar refractivity (Wildman–Crippen MR) is 129 cm³/mol. The van der Waals surface area contributed by atoms with Crippen molar-refractivity contribution in [1.82, 2.24) is 24.6 Å². The SMILES string of the molecule is CCN(CC)CCN1C(=O)C(=O)C(=C(O)c2cnn(-c3ccccc3)c2C)C1c1cccnc1. The molecule has 1 unspecified atom stereocenters. The molecule has 8 heteroatoms.